The molecule has 4 heteroatoms. The van der Waals surface area contributed by atoms with Crippen molar-refractivity contribution in [3.8, 4) is 0 Å². The second-order valence-electron chi connectivity index (χ2n) is 5.13. The Hall–Kier alpha value is -0.710. The number of piperazine rings is 1. The highest BCUT2D eigenvalue weighted by molar-refractivity contribution is 9.10. The molecule has 1 heterocycles. The third kappa shape index (κ3) is 3.88. The maximum absolute atomic E-state index is 13.2. The Balaban J connectivity index is 2.27. The van der Waals surface area contributed by atoms with E-state index < -0.39 is 0 Å². The molecule has 1 aromatic carbocycles. The smallest absolute Gasteiger partial charge is 0.124 e. The molecule has 0 aliphatic carbocycles. The molecule has 0 saturated carbocycles. The third-order valence-electron chi connectivity index (χ3n) is 3.46. The Labute approximate surface area is 122 Å². The third-order valence-corrected chi connectivity index (χ3v) is 4.14. The van der Waals surface area contributed by atoms with Crippen molar-refractivity contribution in [1.82, 2.24) is 10.2 Å². The maximum atomic E-state index is 13.2. The Morgan fingerprint density at radius 1 is 1.47 bits per heavy atom. The van der Waals surface area contributed by atoms with Gasteiger partial charge in [-0.25, -0.2) is 4.39 Å². The molecule has 1 N–H and O–H groups in total. The van der Waals surface area contributed by atoms with Crippen LogP contribution in [0.2, 0.25) is 0 Å². The van der Waals surface area contributed by atoms with Gasteiger partial charge >= 0.3 is 0 Å². The SMILES string of the molecule is C=C(C)C[C@H](c1ccc(F)cc1Br)N1CCNCC1. The van der Waals surface area contributed by atoms with Crippen LogP contribution in [0.4, 0.5) is 4.39 Å². The van der Waals surface area contributed by atoms with Crippen LogP contribution in [-0.4, -0.2) is 31.1 Å². The second kappa shape index (κ2) is 6.64. The first kappa shape index (κ1) is 14.7. The molecule has 2 rings (SSSR count). The zero-order chi connectivity index (χ0) is 13.8. The van der Waals surface area contributed by atoms with E-state index in [9.17, 15) is 4.39 Å². The molecule has 1 saturated heterocycles. The first-order valence-corrected chi connectivity index (χ1v) is 7.41. The number of hydrogen-bond donors (Lipinski definition) is 1. The quantitative estimate of drug-likeness (QED) is 0.852. The first-order chi connectivity index (χ1) is 9.08. The topological polar surface area (TPSA) is 15.3 Å². The molecule has 19 heavy (non-hydrogen) atoms. The number of hydrogen-bond acceptors (Lipinski definition) is 2. The van der Waals surface area contributed by atoms with Gasteiger partial charge in [0, 0.05) is 36.7 Å². The summed E-state index contributed by atoms with van der Waals surface area (Å²) in [6.07, 6.45) is 0.907. The van der Waals surface area contributed by atoms with Gasteiger partial charge in [0.15, 0.2) is 0 Å². The summed E-state index contributed by atoms with van der Waals surface area (Å²) in [4.78, 5) is 2.45. The van der Waals surface area contributed by atoms with Crippen LogP contribution in [0, 0.1) is 5.82 Å². The largest absolute Gasteiger partial charge is 0.314 e. The fourth-order valence-corrected chi connectivity index (χ4v) is 3.15. The normalized spacial score (nSPS) is 18.3. The molecule has 1 fully saturated rings. The maximum Gasteiger partial charge on any atom is 0.124 e. The minimum Gasteiger partial charge on any atom is -0.314 e. The van der Waals surface area contributed by atoms with Crippen LogP contribution in [0.5, 0.6) is 0 Å². The van der Waals surface area contributed by atoms with E-state index in [0.717, 1.165) is 48.2 Å². The lowest BCUT2D eigenvalue weighted by atomic mass is 9.98. The van der Waals surface area contributed by atoms with Crippen LogP contribution in [0.25, 0.3) is 0 Å². The van der Waals surface area contributed by atoms with Gasteiger partial charge in [-0.2, -0.15) is 0 Å². The molecule has 1 aliphatic heterocycles. The van der Waals surface area contributed by atoms with E-state index in [4.69, 9.17) is 0 Å². The van der Waals surface area contributed by atoms with Crippen molar-refractivity contribution in [2.24, 2.45) is 0 Å². The van der Waals surface area contributed by atoms with Crippen molar-refractivity contribution in [1.29, 1.82) is 0 Å². The fourth-order valence-electron chi connectivity index (χ4n) is 2.53. The molecule has 0 spiro atoms. The molecule has 1 aliphatic rings. The van der Waals surface area contributed by atoms with Gasteiger partial charge in [-0.1, -0.05) is 27.6 Å². The van der Waals surface area contributed by atoms with Gasteiger partial charge in [-0.05, 0) is 31.0 Å². The van der Waals surface area contributed by atoms with Gasteiger partial charge in [0.25, 0.3) is 0 Å². The highest BCUT2D eigenvalue weighted by Gasteiger charge is 2.23. The predicted molar refractivity (Wildman–Crippen MR) is 80.7 cm³/mol. The molecule has 0 bridgehead atoms. The van der Waals surface area contributed by atoms with Crippen molar-refractivity contribution in [2.45, 2.75) is 19.4 Å². The number of nitrogens with zero attached hydrogens (tertiary/aromatic N) is 1. The van der Waals surface area contributed by atoms with Gasteiger partial charge in [0.1, 0.15) is 5.82 Å². The lowest BCUT2D eigenvalue weighted by Crippen LogP contribution is -2.45. The van der Waals surface area contributed by atoms with Gasteiger partial charge in [0.2, 0.25) is 0 Å². The molecular formula is C15H20BrFN2. The van der Waals surface area contributed by atoms with Crippen molar-refractivity contribution in [3.05, 3.63) is 46.2 Å². The molecule has 1 aromatic rings. The van der Waals surface area contributed by atoms with Crippen molar-refractivity contribution in [3.63, 3.8) is 0 Å². The van der Waals surface area contributed by atoms with Gasteiger partial charge < -0.3 is 5.32 Å². The standard InChI is InChI=1S/C15H20BrFN2/c1-11(2)9-15(19-7-5-18-6-8-19)13-4-3-12(17)10-14(13)16/h3-4,10,15,18H,1,5-9H2,2H3/t15-/m1/s1. The minimum absolute atomic E-state index is 0.204. The van der Waals surface area contributed by atoms with Crippen molar-refractivity contribution in [2.75, 3.05) is 26.2 Å². The predicted octanol–water partition coefficient (Wildman–Crippen LogP) is 3.50. The molecule has 0 amide bonds. The van der Waals surface area contributed by atoms with Crippen LogP contribution < -0.4 is 5.32 Å². The molecule has 1 atom stereocenters. The van der Waals surface area contributed by atoms with Crippen LogP contribution in [0.3, 0.4) is 0 Å². The van der Waals surface area contributed by atoms with Gasteiger partial charge in [0.05, 0.1) is 0 Å². The summed E-state index contributed by atoms with van der Waals surface area (Å²) < 4.78 is 14.1. The molecule has 2 nitrogen and oxygen atoms in total. The molecule has 0 radical (unpaired) electrons. The first-order valence-electron chi connectivity index (χ1n) is 6.62. The molecular weight excluding hydrogens is 307 g/mol. The zero-order valence-electron chi connectivity index (χ0n) is 11.3. The van der Waals surface area contributed by atoms with E-state index in [-0.39, 0.29) is 11.9 Å². The van der Waals surface area contributed by atoms with Crippen LogP contribution in [0.15, 0.2) is 34.8 Å². The minimum atomic E-state index is -0.204. The Morgan fingerprint density at radius 2 is 2.16 bits per heavy atom. The highest BCUT2D eigenvalue weighted by atomic mass is 79.9. The van der Waals surface area contributed by atoms with Crippen LogP contribution in [0.1, 0.15) is 24.9 Å². The summed E-state index contributed by atoms with van der Waals surface area (Å²) in [5.41, 5.74) is 2.30. The van der Waals surface area contributed by atoms with E-state index in [1.807, 2.05) is 13.0 Å². The summed E-state index contributed by atoms with van der Waals surface area (Å²) in [6, 6.07) is 5.24. The fraction of sp³-hybridized carbons (Fsp3) is 0.467. The Kier molecular flexibility index (Phi) is 5.13. The monoisotopic (exact) mass is 326 g/mol. The number of rotatable bonds is 4. The highest BCUT2D eigenvalue weighted by Crippen LogP contribution is 2.33. The average Bonchev–Trinajstić information content (AvgIpc) is 2.37. The Bertz CT molecular complexity index is 455. The van der Waals surface area contributed by atoms with Crippen molar-refractivity contribution >= 4 is 15.9 Å². The summed E-state index contributed by atoms with van der Waals surface area (Å²) in [5.74, 6) is -0.204. The summed E-state index contributed by atoms with van der Waals surface area (Å²) >= 11 is 3.49. The van der Waals surface area contributed by atoms with Gasteiger partial charge in [-0.3, -0.25) is 4.90 Å². The van der Waals surface area contributed by atoms with E-state index in [2.05, 4.69) is 32.7 Å². The van der Waals surface area contributed by atoms with E-state index in [1.54, 1.807) is 6.07 Å². The average molecular weight is 327 g/mol. The van der Waals surface area contributed by atoms with Gasteiger partial charge in [-0.15, -0.1) is 6.58 Å². The van der Waals surface area contributed by atoms with E-state index in [0.29, 0.717) is 0 Å². The van der Waals surface area contributed by atoms with Crippen LogP contribution >= 0.6 is 15.9 Å². The Morgan fingerprint density at radius 3 is 2.74 bits per heavy atom. The molecule has 104 valence electrons. The zero-order valence-corrected chi connectivity index (χ0v) is 12.8. The van der Waals surface area contributed by atoms with Crippen molar-refractivity contribution < 1.29 is 4.39 Å². The summed E-state index contributed by atoms with van der Waals surface area (Å²) in [6.45, 7) is 10.1. The molecule has 0 aromatic heterocycles. The number of nitrogens with one attached hydrogen (secondary N) is 1. The number of benzene rings is 1. The second-order valence-corrected chi connectivity index (χ2v) is 5.98. The lowest BCUT2D eigenvalue weighted by molar-refractivity contribution is 0.172. The van der Waals surface area contributed by atoms with E-state index >= 15 is 0 Å². The lowest BCUT2D eigenvalue weighted by Gasteiger charge is -2.36. The number of halogens is 2. The summed E-state index contributed by atoms with van der Waals surface area (Å²) in [5, 5.41) is 3.36. The molecule has 0 unspecified atom stereocenters. The van der Waals surface area contributed by atoms with E-state index in [1.165, 1.54) is 6.07 Å². The summed E-state index contributed by atoms with van der Waals surface area (Å²) in [7, 11) is 0. The van der Waals surface area contributed by atoms with Crippen LogP contribution in [-0.2, 0) is 0 Å².